The van der Waals surface area contributed by atoms with Gasteiger partial charge in [-0.15, -0.1) is 5.10 Å². The molecule has 3 rings (SSSR count). The molecule has 1 N–H and O–H groups in total. The van der Waals surface area contributed by atoms with E-state index in [-0.39, 0.29) is 0 Å². The van der Waals surface area contributed by atoms with Crippen molar-refractivity contribution in [1.82, 2.24) is 20.0 Å². The van der Waals surface area contributed by atoms with Crippen LogP contribution in [0.5, 0.6) is 0 Å². The fraction of sp³-hybridized carbons (Fsp3) is 0.222. The maximum atomic E-state index is 9.36. The van der Waals surface area contributed by atoms with Gasteiger partial charge in [0.15, 0.2) is 5.82 Å². The van der Waals surface area contributed by atoms with Crippen LogP contribution in [0.1, 0.15) is 22.4 Å². The lowest BCUT2D eigenvalue weighted by atomic mass is 10.1. The van der Waals surface area contributed by atoms with Gasteiger partial charge in [-0.2, -0.15) is 15.5 Å². The standard InChI is InChI=1S/C18H17BrN6/c1-12-13(2)23-24-18(17(12)9-20)22-16-5-3-14(4-6-16)7-8-25-11-15(19)10-21-25/h3-6,10-11H,7-8H2,1-2H3,(H,22,24). The molecule has 1 aromatic carbocycles. The number of nitrogens with one attached hydrogen (secondary N) is 1. The van der Waals surface area contributed by atoms with Crippen molar-refractivity contribution in [1.29, 1.82) is 5.26 Å². The summed E-state index contributed by atoms with van der Waals surface area (Å²) in [7, 11) is 0. The van der Waals surface area contributed by atoms with Crippen molar-refractivity contribution in [2.75, 3.05) is 5.32 Å². The number of aromatic nitrogens is 4. The molecule has 0 spiro atoms. The number of benzene rings is 1. The lowest BCUT2D eigenvalue weighted by Gasteiger charge is -2.10. The van der Waals surface area contributed by atoms with Crippen LogP contribution >= 0.6 is 15.9 Å². The lowest BCUT2D eigenvalue weighted by Crippen LogP contribution is -2.04. The second-order valence-corrected chi connectivity index (χ2v) is 6.66. The van der Waals surface area contributed by atoms with E-state index in [0.29, 0.717) is 11.4 Å². The molecule has 0 radical (unpaired) electrons. The van der Waals surface area contributed by atoms with Gasteiger partial charge >= 0.3 is 0 Å². The van der Waals surface area contributed by atoms with Gasteiger partial charge < -0.3 is 5.32 Å². The highest BCUT2D eigenvalue weighted by molar-refractivity contribution is 9.10. The summed E-state index contributed by atoms with van der Waals surface area (Å²) in [5, 5.41) is 25.0. The molecular weight excluding hydrogens is 380 g/mol. The zero-order valence-electron chi connectivity index (χ0n) is 14.0. The van der Waals surface area contributed by atoms with E-state index in [1.54, 1.807) is 6.20 Å². The van der Waals surface area contributed by atoms with E-state index in [9.17, 15) is 5.26 Å². The Hall–Kier alpha value is -2.72. The molecule has 0 aliphatic heterocycles. The van der Waals surface area contributed by atoms with E-state index >= 15 is 0 Å². The SMILES string of the molecule is Cc1nnc(Nc2ccc(CCn3cc(Br)cn3)cc2)c(C#N)c1C. The number of hydrogen-bond acceptors (Lipinski definition) is 5. The number of halogens is 1. The Morgan fingerprint density at radius 3 is 2.60 bits per heavy atom. The van der Waals surface area contributed by atoms with Crippen molar-refractivity contribution < 1.29 is 0 Å². The number of rotatable bonds is 5. The van der Waals surface area contributed by atoms with Gasteiger partial charge in [-0.25, -0.2) is 0 Å². The summed E-state index contributed by atoms with van der Waals surface area (Å²) in [6.45, 7) is 4.55. The minimum absolute atomic E-state index is 0.486. The van der Waals surface area contributed by atoms with Crippen LogP contribution in [-0.2, 0) is 13.0 Å². The molecule has 0 saturated carbocycles. The molecular formula is C18H17BrN6. The molecule has 0 amide bonds. The molecule has 7 heteroatoms. The van der Waals surface area contributed by atoms with Gasteiger partial charge in [-0.1, -0.05) is 12.1 Å². The lowest BCUT2D eigenvalue weighted by molar-refractivity contribution is 0.614. The van der Waals surface area contributed by atoms with Crippen molar-refractivity contribution in [3.8, 4) is 6.07 Å². The van der Waals surface area contributed by atoms with E-state index in [1.807, 2.05) is 36.9 Å². The monoisotopic (exact) mass is 396 g/mol. The van der Waals surface area contributed by atoms with Gasteiger partial charge in [0.2, 0.25) is 0 Å². The average Bonchev–Trinajstić information content (AvgIpc) is 3.03. The van der Waals surface area contributed by atoms with Crippen molar-refractivity contribution in [2.24, 2.45) is 0 Å². The highest BCUT2D eigenvalue weighted by Gasteiger charge is 2.10. The molecule has 25 heavy (non-hydrogen) atoms. The predicted octanol–water partition coefficient (Wildman–Crippen LogP) is 3.91. The van der Waals surface area contributed by atoms with Crippen LogP contribution in [0.4, 0.5) is 11.5 Å². The summed E-state index contributed by atoms with van der Waals surface area (Å²) >= 11 is 3.40. The van der Waals surface area contributed by atoms with E-state index in [4.69, 9.17) is 0 Å². The van der Waals surface area contributed by atoms with Crippen LogP contribution < -0.4 is 5.32 Å². The fourth-order valence-electron chi connectivity index (χ4n) is 2.43. The Morgan fingerprint density at radius 2 is 1.96 bits per heavy atom. The van der Waals surface area contributed by atoms with Crippen molar-refractivity contribution in [2.45, 2.75) is 26.8 Å². The zero-order valence-corrected chi connectivity index (χ0v) is 15.6. The van der Waals surface area contributed by atoms with E-state index in [2.05, 4.69) is 54.7 Å². The van der Waals surface area contributed by atoms with Crippen LogP contribution in [0.15, 0.2) is 41.1 Å². The molecule has 126 valence electrons. The Morgan fingerprint density at radius 1 is 1.20 bits per heavy atom. The maximum absolute atomic E-state index is 9.36. The summed E-state index contributed by atoms with van der Waals surface area (Å²) in [5.74, 6) is 0.486. The quantitative estimate of drug-likeness (QED) is 0.706. The molecule has 2 aromatic heterocycles. The average molecular weight is 397 g/mol. The van der Waals surface area contributed by atoms with E-state index < -0.39 is 0 Å². The van der Waals surface area contributed by atoms with Crippen LogP contribution in [-0.4, -0.2) is 20.0 Å². The zero-order chi connectivity index (χ0) is 17.8. The Bertz CT molecular complexity index is 924. The van der Waals surface area contributed by atoms with E-state index in [0.717, 1.165) is 34.4 Å². The van der Waals surface area contributed by atoms with Gasteiger partial charge in [-0.3, -0.25) is 4.68 Å². The van der Waals surface area contributed by atoms with Crippen molar-refractivity contribution >= 4 is 27.4 Å². The van der Waals surface area contributed by atoms with Gasteiger partial charge in [-0.05, 0) is 59.5 Å². The Kier molecular flexibility index (Phi) is 5.10. The van der Waals surface area contributed by atoms with Crippen LogP contribution in [0.25, 0.3) is 0 Å². The number of hydrogen-bond donors (Lipinski definition) is 1. The maximum Gasteiger partial charge on any atom is 0.171 e. The normalized spacial score (nSPS) is 10.5. The van der Waals surface area contributed by atoms with Crippen LogP contribution in [0.3, 0.4) is 0 Å². The minimum atomic E-state index is 0.486. The first-order valence-electron chi connectivity index (χ1n) is 7.84. The molecule has 0 aliphatic rings. The first-order chi connectivity index (χ1) is 12.1. The van der Waals surface area contributed by atoms with Crippen molar-refractivity contribution in [3.05, 3.63) is 63.5 Å². The third-order valence-electron chi connectivity index (χ3n) is 4.01. The second kappa shape index (κ2) is 7.45. The molecule has 2 heterocycles. The molecule has 6 nitrogen and oxygen atoms in total. The topological polar surface area (TPSA) is 79.4 Å². The summed E-state index contributed by atoms with van der Waals surface area (Å²) in [6, 6.07) is 10.3. The van der Waals surface area contributed by atoms with Gasteiger partial charge in [0.1, 0.15) is 11.6 Å². The first kappa shape index (κ1) is 17.1. The number of nitrogens with zero attached hydrogens (tertiary/aromatic N) is 5. The Balaban J connectivity index is 1.69. The predicted molar refractivity (Wildman–Crippen MR) is 99.6 cm³/mol. The third-order valence-corrected chi connectivity index (χ3v) is 4.42. The molecule has 3 aromatic rings. The summed E-state index contributed by atoms with van der Waals surface area (Å²) in [4.78, 5) is 0. The fourth-order valence-corrected chi connectivity index (χ4v) is 2.76. The third kappa shape index (κ3) is 4.03. The summed E-state index contributed by atoms with van der Waals surface area (Å²) in [5.41, 5.74) is 4.23. The first-order valence-corrected chi connectivity index (χ1v) is 8.64. The highest BCUT2D eigenvalue weighted by Crippen LogP contribution is 2.22. The van der Waals surface area contributed by atoms with Gasteiger partial charge in [0, 0.05) is 18.4 Å². The molecule has 0 atom stereocenters. The molecule has 0 bridgehead atoms. The van der Waals surface area contributed by atoms with Crippen LogP contribution in [0, 0.1) is 25.2 Å². The summed E-state index contributed by atoms with van der Waals surface area (Å²) < 4.78 is 2.88. The van der Waals surface area contributed by atoms with Gasteiger partial charge in [0.05, 0.1) is 16.4 Å². The molecule has 0 unspecified atom stereocenters. The molecule has 0 aliphatic carbocycles. The van der Waals surface area contributed by atoms with Gasteiger partial charge in [0.25, 0.3) is 0 Å². The number of anilines is 2. The minimum Gasteiger partial charge on any atom is -0.338 e. The second-order valence-electron chi connectivity index (χ2n) is 5.74. The van der Waals surface area contributed by atoms with Crippen LogP contribution in [0.2, 0.25) is 0 Å². The highest BCUT2D eigenvalue weighted by atomic mass is 79.9. The largest absolute Gasteiger partial charge is 0.338 e. The van der Waals surface area contributed by atoms with E-state index in [1.165, 1.54) is 5.56 Å². The molecule has 0 saturated heterocycles. The molecule has 0 fully saturated rings. The Labute approximate surface area is 154 Å². The van der Waals surface area contributed by atoms with Crippen molar-refractivity contribution in [3.63, 3.8) is 0 Å². The number of aryl methyl sites for hydroxylation is 3. The summed E-state index contributed by atoms with van der Waals surface area (Å²) in [6.07, 6.45) is 4.63. The number of nitriles is 1. The smallest absolute Gasteiger partial charge is 0.171 e.